The number of aryl methyl sites for hydroxylation is 3. The van der Waals surface area contributed by atoms with Gasteiger partial charge in [-0.05, 0) is 43.9 Å². The second kappa shape index (κ2) is 7.49. The van der Waals surface area contributed by atoms with Crippen LogP contribution in [0, 0.1) is 6.92 Å². The number of amides is 1. The monoisotopic (exact) mass is 420 g/mol. The van der Waals surface area contributed by atoms with Crippen LogP contribution >= 0.6 is 11.3 Å². The Morgan fingerprint density at radius 3 is 3.00 bits per heavy atom. The number of carbonyl (C=O) groups is 1. The lowest BCUT2D eigenvalue weighted by Crippen LogP contribution is -2.31. The zero-order chi connectivity index (χ0) is 20.7. The number of nitrogens with zero attached hydrogens (tertiary/aromatic N) is 5. The molecule has 0 aliphatic heterocycles. The summed E-state index contributed by atoms with van der Waals surface area (Å²) in [5.74, 6) is 2.25. The number of hydrogen-bond acceptors (Lipinski definition) is 8. The molecular formula is C21H20N6O2S. The number of pyridine rings is 1. The maximum atomic E-state index is 12.6. The molecule has 4 aromatic rings. The van der Waals surface area contributed by atoms with Crippen LogP contribution in [0.5, 0.6) is 0 Å². The van der Waals surface area contributed by atoms with Crippen LogP contribution in [-0.4, -0.2) is 39.6 Å². The molecular weight excluding hydrogens is 400 g/mol. The fourth-order valence-electron chi connectivity index (χ4n) is 3.77. The van der Waals surface area contributed by atoms with Crippen molar-refractivity contribution in [2.75, 3.05) is 23.8 Å². The summed E-state index contributed by atoms with van der Waals surface area (Å²) in [6, 6.07) is 5.50. The van der Waals surface area contributed by atoms with E-state index >= 15 is 0 Å². The van der Waals surface area contributed by atoms with Gasteiger partial charge in [0.25, 0.3) is 0 Å². The van der Waals surface area contributed by atoms with Crippen LogP contribution < -0.4 is 10.2 Å². The van der Waals surface area contributed by atoms with Crippen molar-refractivity contribution in [1.29, 1.82) is 0 Å². The SMILES string of the molecule is Cc1cc(NC(=O)CN(C)c2nc(-c3cccnc3)nc3sc4c(c23)CCC4)no1. The molecule has 1 amide bonds. The van der Waals surface area contributed by atoms with E-state index in [1.165, 1.54) is 10.4 Å². The van der Waals surface area contributed by atoms with Gasteiger partial charge in [-0.1, -0.05) is 5.16 Å². The number of hydrogen-bond donors (Lipinski definition) is 1. The van der Waals surface area contributed by atoms with Crippen molar-refractivity contribution in [1.82, 2.24) is 20.1 Å². The Morgan fingerprint density at radius 2 is 2.23 bits per heavy atom. The molecule has 0 bridgehead atoms. The van der Waals surface area contributed by atoms with Crippen LogP contribution in [0.25, 0.3) is 21.6 Å². The lowest BCUT2D eigenvalue weighted by molar-refractivity contribution is -0.115. The summed E-state index contributed by atoms with van der Waals surface area (Å²) < 4.78 is 5.01. The van der Waals surface area contributed by atoms with Gasteiger partial charge in [-0.3, -0.25) is 9.78 Å². The molecule has 1 aliphatic carbocycles. The summed E-state index contributed by atoms with van der Waals surface area (Å²) >= 11 is 1.73. The molecule has 5 rings (SSSR count). The van der Waals surface area contributed by atoms with E-state index in [1.807, 2.05) is 24.1 Å². The van der Waals surface area contributed by atoms with Crippen molar-refractivity contribution in [2.45, 2.75) is 26.2 Å². The van der Waals surface area contributed by atoms with Crippen molar-refractivity contribution < 1.29 is 9.32 Å². The van der Waals surface area contributed by atoms with Gasteiger partial charge in [-0.2, -0.15) is 0 Å². The average Bonchev–Trinajstić information content (AvgIpc) is 3.43. The van der Waals surface area contributed by atoms with E-state index in [0.29, 0.717) is 17.4 Å². The highest BCUT2D eigenvalue weighted by Crippen LogP contribution is 2.41. The third-order valence-corrected chi connectivity index (χ3v) is 6.29. The number of thiophene rings is 1. The summed E-state index contributed by atoms with van der Waals surface area (Å²) in [6.07, 6.45) is 6.73. The zero-order valence-corrected chi connectivity index (χ0v) is 17.5. The van der Waals surface area contributed by atoms with E-state index in [9.17, 15) is 4.79 Å². The van der Waals surface area contributed by atoms with Crippen LogP contribution in [-0.2, 0) is 17.6 Å². The Labute approximate surface area is 177 Å². The molecule has 0 aromatic carbocycles. The first-order valence-corrected chi connectivity index (χ1v) is 10.6. The third kappa shape index (κ3) is 3.41. The first-order chi connectivity index (χ1) is 14.6. The molecule has 1 N–H and O–H groups in total. The summed E-state index contributed by atoms with van der Waals surface area (Å²) in [6.45, 7) is 1.92. The number of fused-ring (bicyclic) bond motifs is 3. The Hall–Kier alpha value is -3.33. The Kier molecular flexibility index (Phi) is 4.66. The van der Waals surface area contributed by atoms with E-state index in [-0.39, 0.29) is 12.5 Å². The molecule has 0 unspecified atom stereocenters. The fraction of sp³-hybridized carbons (Fsp3) is 0.286. The quantitative estimate of drug-likeness (QED) is 0.527. The fourth-order valence-corrected chi connectivity index (χ4v) is 5.03. The molecule has 30 heavy (non-hydrogen) atoms. The molecule has 0 saturated carbocycles. The molecule has 152 valence electrons. The molecule has 8 nitrogen and oxygen atoms in total. The summed E-state index contributed by atoms with van der Waals surface area (Å²) in [7, 11) is 1.88. The van der Waals surface area contributed by atoms with E-state index in [0.717, 1.165) is 40.9 Å². The van der Waals surface area contributed by atoms with Crippen LogP contribution in [0.4, 0.5) is 11.6 Å². The normalized spacial score (nSPS) is 12.9. The molecule has 0 atom stereocenters. The van der Waals surface area contributed by atoms with Gasteiger partial charge in [-0.15, -0.1) is 11.3 Å². The Morgan fingerprint density at radius 1 is 1.33 bits per heavy atom. The predicted octanol–water partition coefficient (Wildman–Crippen LogP) is 3.61. The van der Waals surface area contributed by atoms with E-state index in [2.05, 4.69) is 15.5 Å². The number of likely N-dealkylation sites (N-methyl/N-ethyl adjacent to an activating group) is 1. The van der Waals surface area contributed by atoms with Gasteiger partial charge < -0.3 is 14.7 Å². The molecule has 0 saturated heterocycles. The molecule has 4 heterocycles. The topological polar surface area (TPSA) is 97.0 Å². The zero-order valence-electron chi connectivity index (χ0n) is 16.7. The molecule has 9 heteroatoms. The summed E-state index contributed by atoms with van der Waals surface area (Å²) in [5.41, 5.74) is 2.17. The number of nitrogens with one attached hydrogen (secondary N) is 1. The number of anilines is 2. The van der Waals surface area contributed by atoms with Gasteiger partial charge >= 0.3 is 0 Å². The van der Waals surface area contributed by atoms with Gasteiger partial charge in [0.1, 0.15) is 16.4 Å². The van der Waals surface area contributed by atoms with E-state index in [1.54, 1.807) is 36.7 Å². The van der Waals surface area contributed by atoms with Gasteiger partial charge in [0.05, 0.1) is 11.9 Å². The summed E-state index contributed by atoms with van der Waals surface area (Å²) in [4.78, 5) is 30.7. The Bertz CT molecular complexity index is 1230. The first-order valence-electron chi connectivity index (χ1n) is 9.75. The largest absolute Gasteiger partial charge is 0.360 e. The Balaban J connectivity index is 1.52. The maximum Gasteiger partial charge on any atom is 0.245 e. The first kappa shape index (κ1) is 18.7. The minimum absolute atomic E-state index is 0.134. The predicted molar refractivity (Wildman–Crippen MR) is 116 cm³/mol. The second-order valence-corrected chi connectivity index (χ2v) is 8.46. The minimum atomic E-state index is -0.188. The van der Waals surface area contributed by atoms with Crippen molar-refractivity contribution in [3.8, 4) is 11.4 Å². The lowest BCUT2D eigenvalue weighted by Gasteiger charge is -2.19. The third-order valence-electron chi connectivity index (χ3n) is 5.10. The van der Waals surface area contributed by atoms with E-state index in [4.69, 9.17) is 14.5 Å². The summed E-state index contributed by atoms with van der Waals surface area (Å²) in [5, 5.41) is 7.65. The van der Waals surface area contributed by atoms with Crippen molar-refractivity contribution in [3.63, 3.8) is 0 Å². The van der Waals surface area contributed by atoms with Crippen LogP contribution in [0.2, 0.25) is 0 Å². The van der Waals surface area contributed by atoms with Crippen molar-refractivity contribution in [2.24, 2.45) is 0 Å². The van der Waals surface area contributed by atoms with Crippen molar-refractivity contribution >= 4 is 39.1 Å². The standard InChI is InChI=1S/C21H20N6O2S/c1-12-9-16(26-29-12)23-17(28)11-27(2)20-18-14-6-3-7-15(14)30-21(18)25-19(24-20)13-5-4-8-22-10-13/h4-5,8-10H,3,6-7,11H2,1-2H3,(H,23,26,28). The average molecular weight is 420 g/mol. The highest BCUT2D eigenvalue weighted by Gasteiger charge is 2.25. The number of rotatable bonds is 5. The van der Waals surface area contributed by atoms with Crippen LogP contribution in [0.1, 0.15) is 22.6 Å². The van der Waals surface area contributed by atoms with E-state index < -0.39 is 0 Å². The highest BCUT2D eigenvalue weighted by atomic mass is 32.1. The molecule has 0 spiro atoms. The van der Waals surface area contributed by atoms with Gasteiger partial charge in [0.2, 0.25) is 5.91 Å². The maximum absolute atomic E-state index is 12.6. The van der Waals surface area contributed by atoms with Crippen LogP contribution in [0.15, 0.2) is 35.1 Å². The molecule has 1 aliphatic rings. The highest BCUT2D eigenvalue weighted by molar-refractivity contribution is 7.19. The molecule has 4 aromatic heterocycles. The molecule has 0 fully saturated rings. The van der Waals surface area contributed by atoms with Gasteiger partial charge in [0.15, 0.2) is 11.6 Å². The lowest BCUT2D eigenvalue weighted by atomic mass is 10.1. The second-order valence-electron chi connectivity index (χ2n) is 7.38. The minimum Gasteiger partial charge on any atom is -0.360 e. The van der Waals surface area contributed by atoms with Crippen molar-refractivity contribution in [3.05, 3.63) is 46.8 Å². The van der Waals surface area contributed by atoms with Crippen LogP contribution in [0.3, 0.4) is 0 Å². The number of aromatic nitrogens is 4. The smallest absolute Gasteiger partial charge is 0.245 e. The van der Waals surface area contributed by atoms with Gasteiger partial charge in [0, 0.05) is 35.9 Å². The number of carbonyl (C=O) groups excluding carboxylic acids is 1. The van der Waals surface area contributed by atoms with Gasteiger partial charge in [-0.25, -0.2) is 9.97 Å². The molecule has 0 radical (unpaired) electrons.